The molecular weight excluding hydrogens is 466 g/mol. The molecule has 2 aromatic heterocycles. The first-order valence-corrected chi connectivity index (χ1v) is 11.1. The number of aromatic amines is 1. The third-order valence-electron chi connectivity index (χ3n) is 5.46. The molecule has 0 atom stereocenters. The van der Waals surface area contributed by atoms with Crippen LogP contribution in [0.25, 0.3) is 22.3 Å². The number of aromatic nitrogens is 4. The highest BCUT2D eigenvalue weighted by Gasteiger charge is 2.20. The molecule has 2 N–H and O–H groups in total. The molecule has 0 radical (unpaired) electrons. The smallest absolute Gasteiger partial charge is 0.326 e. The van der Waals surface area contributed by atoms with Gasteiger partial charge in [-0.15, -0.1) is 0 Å². The maximum Gasteiger partial charge on any atom is 0.326 e. The van der Waals surface area contributed by atoms with Crippen molar-refractivity contribution in [2.45, 2.75) is 0 Å². The highest BCUT2D eigenvalue weighted by atomic mass is 35.5. The normalized spacial score (nSPS) is 14.4. The molecule has 1 aliphatic rings. The molecule has 3 heterocycles. The zero-order valence-electron chi connectivity index (χ0n) is 18.0. The molecule has 1 fully saturated rings. The molecule has 0 unspecified atom stereocenters. The van der Waals surface area contributed by atoms with Gasteiger partial charge in [0.25, 0.3) is 0 Å². The number of nitrogens with one attached hydrogen (secondary N) is 2. The summed E-state index contributed by atoms with van der Waals surface area (Å²) in [7, 11) is 0. The van der Waals surface area contributed by atoms with Crippen molar-refractivity contribution in [2.75, 3.05) is 44.7 Å². The van der Waals surface area contributed by atoms with Gasteiger partial charge in [0.2, 0.25) is 0 Å². The number of fused-ring (bicyclic) bond motifs is 1. The van der Waals surface area contributed by atoms with Crippen LogP contribution >= 0.6 is 11.6 Å². The third kappa shape index (κ3) is 4.79. The highest BCUT2D eigenvalue weighted by Crippen LogP contribution is 2.35. The van der Waals surface area contributed by atoms with Crippen molar-refractivity contribution in [3.05, 3.63) is 59.1 Å². The lowest BCUT2D eigenvalue weighted by atomic mass is 10.1. The number of nitrogens with zero attached hydrogens (tertiary/aromatic N) is 4. The molecule has 34 heavy (non-hydrogen) atoms. The minimum atomic E-state index is -0.857. The lowest BCUT2D eigenvalue weighted by Crippen LogP contribution is -2.39. The highest BCUT2D eigenvalue weighted by molar-refractivity contribution is 6.33. The van der Waals surface area contributed by atoms with E-state index in [0.29, 0.717) is 47.3 Å². The van der Waals surface area contributed by atoms with Crippen molar-refractivity contribution in [1.82, 2.24) is 25.1 Å². The lowest BCUT2D eigenvalue weighted by Gasteiger charge is -2.26. The van der Waals surface area contributed by atoms with Crippen molar-refractivity contribution >= 4 is 28.5 Å². The van der Waals surface area contributed by atoms with E-state index < -0.39 is 11.6 Å². The second kappa shape index (κ2) is 9.88. The number of hydrogen-bond acceptors (Lipinski definition) is 7. The number of morpholine rings is 1. The molecule has 2 aromatic carbocycles. The van der Waals surface area contributed by atoms with Gasteiger partial charge >= 0.3 is 6.01 Å². The Balaban J connectivity index is 1.50. The summed E-state index contributed by atoms with van der Waals surface area (Å²) in [5.41, 5.74) is 1.70. The summed E-state index contributed by atoms with van der Waals surface area (Å²) in [5, 5.41) is 11.8. The number of hydrogen-bond donors (Lipinski definition) is 2. The summed E-state index contributed by atoms with van der Waals surface area (Å²) >= 11 is 6.42. The van der Waals surface area contributed by atoms with Gasteiger partial charge in [-0.05, 0) is 18.2 Å². The van der Waals surface area contributed by atoms with Crippen molar-refractivity contribution in [1.29, 1.82) is 0 Å². The Kier molecular flexibility index (Phi) is 6.52. The van der Waals surface area contributed by atoms with Crippen LogP contribution < -0.4 is 10.1 Å². The van der Waals surface area contributed by atoms with Crippen LogP contribution in [0.15, 0.2) is 42.5 Å². The summed E-state index contributed by atoms with van der Waals surface area (Å²) in [4.78, 5) is 11.1. The maximum atomic E-state index is 14.1. The Hall–Kier alpha value is -3.34. The van der Waals surface area contributed by atoms with E-state index in [1.54, 1.807) is 6.07 Å². The van der Waals surface area contributed by atoms with Crippen LogP contribution in [0.5, 0.6) is 11.8 Å². The average molecular weight is 487 g/mol. The van der Waals surface area contributed by atoms with E-state index in [4.69, 9.17) is 21.1 Å². The molecule has 0 spiro atoms. The summed E-state index contributed by atoms with van der Waals surface area (Å²) in [5.74, 6) is -1.30. The van der Waals surface area contributed by atoms with E-state index >= 15 is 0 Å². The van der Waals surface area contributed by atoms with E-state index in [0.717, 1.165) is 37.3 Å². The van der Waals surface area contributed by atoms with E-state index in [1.807, 2.05) is 18.2 Å². The molecule has 0 aliphatic carbocycles. The van der Waals surface area contributed by atoms with E-state index in [1.165, 1.54) is 6.07 Å². The van der Waals surface area contributed by atoms with Gasteiger partial charge in [0, 0.05) is 42.8 Å². The van der Waals surface area contributed by atoms with Crippen LogP contribution in [0.2, 0.25) is 5.02 Å². The maximum absolute atomic E-state index is 14.1. The van der Waals surface area contributed by atoms with Crippen molar-refractivity contribution < 1.29 is 18.3 Å². The minimum absolute atomic E-state index is 0.121. The average Bonchev–Trinajstić information content (AvgIpc) is 3.26. The summed E-state index contributed by atoms with van der Waals surface area (Å²) in [6, 6.07) is 10.3. The van der Waals surface area contributed by atoms with Crippen molar-refractivity contribution in [2.24, 2.45) is 0 Å². The molecule has 8 nitrogen and oxygen atoms in total. The fraction of sp³-hybridized carbons (Fsp3) is 0.261. The number of H-pyrrole nitrogens is 1. The first-order chi connectivity index (χ1) is 16.6. The van der Waals surface area contributed by atoms with E-state index in [9.17, 15) is 8.78 Å². The molecular formula is C23H21ClF2N6O2. The summed E-state index contributed by atoms with van der Waals surface area (Å²) in [6.45, 7) is 4.49. The third-order valence-corrected chi connectivity index (χ3v) is 5.79. The second-order valence-corrected chi connectivity index (χ2v) is 8.10. The van der Waals surface area contributed by atoms with Crippen LogP contribution in [0.4, 0.5) is 14.6 Å². The topological polar surface area (TPSA) is 88.2 Å². The predicted octanol–water partition coefficient (Wildman–Crippen LogP) is 4.49. The Bertz CT molecular complexity index is 1310. The van der Waals surface area contributed by atoms with Gasteiger partial charge in [-0.1, -0.05) is 29.8 Å². The van der Waals surface area contributed by atoms with Gasteiger partial charge in [-0.25, -0.2) is 8.78 Å². The Morgan fingerprint density at radius 2 is 1.94 bits per heavy atom. The van der Waals surface area contributed by atoms with E-state index in [2.05, 4.69) is 30.4 Å². The van der Waals surface area contributed by atoms with Gasteiger partial charge in [0.05, 0.1) is 24.3 Å². The number of rotatable bonds is 7. The zero-order valence-corrected chi connectivity index (χ0v) is 18.8. The minimum Gasteiger partial charge on any atom is -0.421 e. The van der Waals surface area contributed by atoms with Gasteiger partial charge in [0.15, 0.2) is 17.2 Å². The number of ether oxygens (including phenoxy) is 2. The van der Waals surface area contributed by atoms with Crippen LogP contribution in [0.3, 0.4) is 0 Å². The largest absolute Gasteiger partial charge is 0.421 e. The van der Waals surface area contributed by atoms with E-state index in [-0.39, 0.29) is 11.8 Å². The molecule has 0 bridgehead atoms. The van der Waals surface area contributed by atoms with Crippen LogP contribution in [0, 0.1) is 11.6 Å². The molecule has 4 aromatic rings. The monoisotopic (exact) mass is 486 g/mol. The molecule has 1 aliphatic heterocycles. The molecule has 5 rings (SSSR count). The van der Waals surface area contributed by atoms with Gasteiger partial charge in [-0.3, -0.25) is 10.00 Å². The summed E-state index contributed by atoms with van der Waals surface area (Å²) < 4.78 is 38.4. The van der Waals surface area contributed by atoms with Crippen LogP contribution in [-0.2, 0) is 4.74 Å². The second-order valence-electron chi connectivity index (χ2n) is 7.69. The van der Waals surface area contributed by atoms with Crippen molar-refractivity contribution in [3.8, 4) is 23.0 Å². The standard InChI is InChI=1S/C23H21ClF2N6O2/c24-16-4-2-1-3-15(16)20-19-21(27-7-8-32-9-11-33-12-10-32)28-23(29-22(19)31-30-20)34-18-6-5-14(25)13-17(18)26/h1-6,13H,7-12H2,(H2,27,28,29,30,31). The van der Waals surface area contributed by atoms with Crippen LogP contribution in [0.1, 0.15) is 0 Å². The SMILES string of the molecule is Fc1ccc(Oc2nc(NCCN3CCOCC3)c3c(-c4ccccc4Cl)[nH]nc3n2)c(F)c1. The molecule has 0 amide bonds. The van der Waals surface area contributed by atoms with Gasteiger partial charge in [0.1, 0.15) is 11.6 Å². The Morgan fingerprint density at radius 3 is 2.74 bits per heavy atom. The van der Waals surface area contributed by atoms with Crippen LogP contribution in [-0.4, -0.2) is 64.5 Å². The fourth-order valence-electron chi connectivity index (χ4n) is 3.75. The predicted molar refractivity (Wildman–Crippen MR) is 124 cm³/mol. The first kappa shape index (κ1) is 22.5. The molecule has 11 heteroatoms. The van der Waals surface area contributed by atoms with Crippen molar-refractivity contribution in [3.63, 3.8) is 0 Å². The first-order valence-electron chi connectivity index (χ1n) is 10.8. The number of benzene rings is 2. The number of halogens is 3. The Morgan fingerprint density at radius 1 is 1.12 bits per heavy atom. The fourth-order valence-corrected chi connectivity index (χ4v) is 3.98. The van der Waals surface area contributed by atoms with Gasteiger partial charge in [-0.2, -0.15) is 15.1 Å². The molecule has 0 saturated carbocycles. The number of anilines is 1. The zero-order chi connectivity index (χ0) is 23.5. The Labute approximate surface area is 198 Å². The molecule has 1 saturated heterocycles. The lowest BCUT2D eigenvalue weighted by molar-refractivity contribution is 0.0398. The van der Waals surface area contributed by atoms with Gasteiger partial charge < -0.3 is 14.8 Å². The molecule has 176 valence electrons. The quantitative estimate of drug-likeness (QED) is 0.398. The summed E-state index contributed by atoms with van der Waals surface area (Å²) in [6.07, 6.45) is 0.